The lowest BCUT2D eigenvalue weighted by Crippen LogP contribution is -2.31. The Balaban J connectivity index is 1.70. The Morgan fingerprint density at radius 1 is 1.30 bits per heavy atom. The highest BCUT2D eigenvalue weighted by molar-refractivity contribution is 5.76. The second kappa shape index (κ2) is 8.89. The van der Waals surface area contributed by atoms with Crippen molar-refractivity contribution < 1.29 is 9.53 Å². The topological polar surface area (TPSA) is 67.6 Å². The molecule has 0 heterocycles. The van der Waals surface area contributed by atoms with E-state index < -0.39 is 0 Å². The van der Waals surface area contributed by atoms with Crippen LogP contribution in [0.25, 0.3) is 0 Å². The summed E-state index contributed by atoms with van der Waals surface area (Å²) >= 11 is 0. The van der Waals surface area contributed by atoms with Crippen molar-refractivity contribution in [1.29, 1.82) is 0 Å². The Morgan fingerprint density at radius 2 is 2.04 bits per heavy atom. The van der Waals surface area contributed by atoms with Crippen molar-refractivity contribution >= 4 is 5.91 Å². The first-order valence-electron chi connectivity index (χ1n) is 8.43. The Morgan fingerprint density at radius 3 is 2.65 bits per heavy atom. The van der Waals surface area contributed by atoms with Gasteiger partial charge in [0.05, 0.1) is 0 Å². The van der Waals surface area contributed by atoms with Crippen LogP contribution in [0.2, 0.25) is 0 Å². The number of hydrogen-bond donors (Lipinski definition) is 2. The predicted molar refractivity (Wildman–Crippen MR) is 92.3 cm³/mol. The zero-order valence-electron chi connectivity index (χ0n) is 14.3. The van der Waals surface area contributed by atoms with Gasteiger partial charge in [0.2, 0.25) is 5.91 Å². The number of nitrogens with one attached hydrogen (secondary N) is 1. The maximum absolute atomic E-state index is 12.0. The van der Waals surface area contributed by atoms with E-state index in [0.717, 1.165) is 37.1 Å². The Bertz CT molecular complexity index is 488. The lowest BCUT2D eigenvalue weighted by atomic mass is 10.00. The molecule has 0 aromatic heterocycles. The van der Waals surface area contributed by atoms with Crippen LogP contribution in [0.1, 0.15) is 31.2 Å². The van der Waals surface area contributed by atoms with E-state index in [1.165, 1.54) is 0 Å². The third-order valence-corrected chi connectivity index (χ3v) is 4.39. The van der Waals surface area contributed by atoms with Crippen molar-refractivity contribution in [3.05, 3.63) is 29.8 Å². The highest BCUT2D eigenvalue weighted by Gasteiger charge is 2.25. The predicted octanol–water partition coefficient (Wildman–Crippen LogP) is 1.76. The van der Waals surface area contributed by atoms with Gasteiger partial charge < -0.3 is 20.7 Å². The van der Waals surface area contributed by atoms with Crippen LogP contribution in [0.3, 0.4) is 0 Å². The van der Waals surface area contributed by atoms with Crippen molar-refractivity contribution in [3.8, 4) is 5.75 Å². The van der Waals surface area contributed by atoms with E-state index in [2.05, 4.69) is 10.2 Å². The molecule has 128 valence electrons. The smallest absolute Gasteiger partial charge is 0.220 e. The van der Waals surface area contributed by atoms with E-state index in [1.54, 1.807) is 0 Å². The zero-order valence-corrected chi connectivity index (χ0v) is 14.3. The van der Waals surface area contributed by atoms with E-state index >= 15 is 0 Å². The number of nitrogens with zero attached hydrogens (tertiary/aromatic N) is 1. The highest BCUT2D eigenvalue weighted by Crippen LogP contribution is 2.26. The molecule has 0 bridgehead atoms. The molecule has 0 aliphatic heterocycles. The summed E-state index contributed by atoms with van der Waals surface area (Å²) in [6.07, 6.45) is 3.82. The Kier molecular flexibility index (Phi) is 6.86. The first-order chi connectivity index (χ1) is 11.0. The van der Waals surface area contributed by atoms with Gasteiger partial charge in [-0.15, -0.1) is 0 Å². The largest absolute Gasteiger partial charge is 0.492 e. The van der Waals surface area contributed by atoms with Crippen molar-refractivity contribution in [2.75, 3.05) is 27.2 Å². The number of nitrogens with two attached hydrogens (primary N) is 1. The summed E-state index contributed by atoms with van der Waals surface area (Å²) in [6, 6.07) is 8.08. The molecule has 0 unspecified atom stereocenters. The molecule has 1 aliphatic carbocycles. The van der Waals surface area contributed by atoms with Crippen molar-refractivity contribution in [2.45, 2.75) is 38.3 Å². The van der Waals surface area contributed by atoms with Gasteiger partial charge in [0, 0.05) is 25.6 Å². The third kappa shape index (κ3) is 6.20. The number of benzene rings is 1. The van der Waals surface area contributed by atoms with Crippen LogP contribution in [0.15, 0.2) is 24.3 Å². The molecule has 1 saturated carbocycles. The number of carbonyl (C=O) groups excluding carboxylic acids is 1. The van der Waals surface area contributed by atoms with E-state index in [0.29, 0.717) is 25.5 Å². The van der Waals surface area contributed by atoms with Gasteiger partial charge in [-0.3, -0.25) is 4.79 Å². The minimum Gasteiger partial charge on any atom is -0.492 e. The van der Waals surface area contributed by atoms with Crippen LogP contribution < -0.4 is 15.8 Å². The molecule has 2 atom stereocenters. The van der Waals surface area contributed by atoms with Crippen LogP contribution in [0.4, 0.5) is 0 Å². The van der Waals surface area contributed by atoms with Gasteiger partial charge in [0.1, 0.15) is 12.4 Å². The van der Waals surface area contributed by atoms with Gasteiger partial charge in [-0.2, -0.15) is 0 Å². The van der Waals surface area contributed by atoms with Gasteiger partial charge in [0.15, 0.2) is 0 Å². The minimum atomic E-state index is 0.0960. The van der Waals surface area contributed by atoms with Gasteiger partial charge >= 0.3 is 0 Å². The molecule has 2 rings (SSSR count). The molecule has 1 aliphatic rings. The molecule has 3 N–H and O–H groups in total. The molecule has 23 heavy (non-hydrogen) atoms. The van der Waals surface area contributed by atoms with Crippen LogP contribution in [0.5, 0.6) is 5.75 Å². The fourth-order valence-electron chi connectivity index (χ4n) is 2.88. The monoisotopic (exact) mass is 319 g/mol. The number of amides is 1. The van der Waals surface area contributed by atoms with Gasteiger partial charge in [-0.25, -0.2) is 0 Å². The average Bonchev–Trinajstić information content (AvgIpc) is 2.91. The summed E-state index contributed by atoms with van der Waals surface area (Å²) in [4.78, 5) is 14.1. The summed E-state index contributed by atoms with van der Waals surface area (Å²) in [7, 11) is 4.04. The van der Waals surface area contributed by atoms with E-state index in [4.69, 9.17) is 10.5 Å². The summed E-state index contributed by atoms with van der Waals surface area (Å²) in [5.41, 5.74) is 7.09. The SMILES string of the molecule is CN(C)CCOc1ccc(CNC(=O)C[C@@H]2CCC[C@H]2N)cc1. The number of likely N-dealkylation sites (N-methyl/N-ethyl adjacent to an activating group) is 1. The van der Waals surface area contributed by atoms with Crippen molar-refractivity contribution in [1.82, 2.24) is 10.2 Å². The third-order valence-electron chi connectivity index (χ3n) is 4.39. The maximum Gasteiger partial charge on any atom is 0.220 e. The highest BCUT2D eigenvalue weighted by atomic mass is 16.5. The molecular weight excluding hydrogens is 290 g/mol. The molecule has 1 aromatic rings. The lowest BCUT2D eigenvalue weighted by molar-refractivity contribution is -0.122. The van der Waals surface area contributed by atoms with E-state index in [9.17, 15) is 4.79 Å². The zero-order chi connectivity index (χ0) is 16.7. The number of carbonyl (C=O) groups is 1. The maximum atomic E-state index is 12.0. The number of rotatable bonds is 8. The van der Waals surface area contributed by atoms with Crippen LogP contribution >= 0.6 is 0 Å². The fourth-order valence-corrected chi connectivity index (χ4v) is 2.88. The lowest BCUT2D eigenvalue weighted by Gasteiger charge is -2.15. The minimum absolute atomic E-state index is 0.0960. The van der Waals surface area contributed by atoms with Crippen LogP contribution in [-0.4, -0.2) is 44.1 Å². The molecule has 5 nitrogen and oxygen atoms in total. The summed E-state index contributed by atoms with van der Waals surface area (Å²) in [6.45, 7) is 2.12. The average molecular weight is 319 g/mol. The Hall–Kier alpha value is -1.59. The molecule has 1 aromatic carbocycles. The van der Waals surface area contributed by atoms with Crippen LogP contribution in [-0.2, 0) is 11.3 Å². The Labute approximate surface area is 139 Å². The van der Waals surface area contributed by atoms with E-state index in [1.807, 2.05) is 38.4 Å². The van der Waals surface area contributed by atoms with Crippen molar-refractivity contribution in [2.24, 2.45) is 11.7 Å². The molecule has 0 saturated heterocycles. The first kappa shape index (κ1) is 17.8. The van der Waals surface area contributed by atoms with Crippen molar-refractivity contribution in [3.63, 3.8) is 0 Å². The second-order valence-electron chi connectivity index (χ2n) is 6.63. The quantitative estimate of drug-likeness (QED) is 0.766. The molecule has 1 amide bonds. The van der Waals surface area contributed by atoms with Crippen LogP contribution in [0, 0.1) is 5.92 Å². The first-order valence-corrected chi connectivity index (χ1v) is 8.43. The second-order valence-corrected chi connectivity index (χ2v) is 6.63. The number of ether oxygens (including phenoxy) is 1. The molecule has 0 spiro atoms. The standard InChI is InChI=1S/C18H29N3O2/c1-21(2)10-11-23-16-8-6-14(7-9-16)13-20-18(22)12-15-4-3-5-17(15)19/h6-9,15,17H,3-5,10-13,19H2,1-2H3,(H,20,22)/t15-,17+/m0/s1. The molecular formula is C18H29N3O2. The van der Waals surface area contributed by atoms with Gasteiger partial charge in [-0.1, -0.05) is 18.6 Å². The van der Waals surface area contributed by atoms with E-state index in [-0.39, 0.29) is 11.9 Å². The fraction of sp³-hybridized carbons (Fsp3) is 0.611. The molecule has 1 fully saturated rings. The molecule has 5 heteroatoms. The summed E-state index contributed by atoms with van der Waals surface area (Å²) < 4.78 is 5.65. The normalized spacial score (nSPS) is 20.7. The summed E-state index contributed by atoms with van der Waals surface area (Å²) in [5, 5.41) is 2.98. The van der Waals surface area contributed by atoms with Gasteiger partial charge in [0.25, 0.3) is 0 Å². The molecule has 0 radical (unpaired) electrons. The summed E-state index contributed by atoms with van der Waals surface area (Å²) in [5.74, 6) is 1.31. The number of hydrogen-bond acceptors (Lipinski definition) is 4. The van der Waals surface area contributed by atoms with Gasteiger partial charge in [-0.05, 0) is 50.6 Å².